The first-order valence-corrected chi connectivity index (χ1v) is 9.92. The number of ether oxygens (including phenoxy) is 4. The molecule has 3 rings (SSSR count). The van der Waals surface area contributed by atoms with E-state index in [9.17, 15) is 4.79 Å². The lowest BCUT2D eigenvalue weighted by atomic mass is 10.0. The fourth-order valence-electron chi connectivity index (χ4n) is 3.25. The van der Waals surface area contributed by atoms with Crippen LogP contribution in [0.2, 0.25) is 0 Å². The van der Waals surface area contributed by atoms with Gasteiger partial charge in [-0.15, -0.1) is 0 Å². The molecule has 0 aliphatic carbocycles. The molecule has 6 heteroatoms. The number of rotatable bonds is 9. The summed E-state index contributed by atoms with van der Waals surface area (Å²) >= 11 is 0. The van der Waals surface area contributed by atoms with Gasteiger partial charge in [-0.2, -0.15) is 0 Å². The zero-order valence-corrected chi connectivity index (χ0v) is 17.5. The third-order valence-corrected chi connectivity index (χ3v) is 4.59. The van der Waals surface area contributed by atoms with E-state index in [1.165, 1.54) is 0 Å². The summed E-state index contributed by atoms with van der Waals surface area (Å²) in [5, 5.41) is 2.87. The van der Waals surface area contributed by atoms with Crippen molar-refractivity contribution in [3.8, 4) is 23.0 Å². The lowest BCUT2D eigenvalue weighted by Crippen LogP contribution is -2.28. The zero-order valence-electron chi connectivity index (χ0n) is 17.5. The number of nitrogens with one attached hydrogen (secondary N) is 1. The summed E-state index contributed by atoms with van der Waals surface area (Å²) in [5.41, 5.74) is 1.77. The molecule has 0 saturated heterocycles. The van der Waals surface area contributed by atoms with Crippen LogP contribution in [0, 0.1) is 0 Å². The number of benzene rings is 2. The van der Waals surface area contributed by atoms with Crippen LogP contribution in [0.15, 0.2) is 36.4 Å². The second-order valence-corrected chi connectivity index (χ2v) is 7.68. The smallest absolute Gasteiger partial charge is 0.258 e. The molecule has 0 fully saturated rings. The number of amides is 1. The van der Waals surface area contributed by atoms with Crippen LogP contribution in [-0.4, -0.2) is 31.8 Å². The van der Waals surface area contributed by atoms with E-state index in [1.54, 1.807) is 7.11 Å². The first kappa shape index (κ1) is 20.8. The van der Waals surface area contributed by atoms with Gasteiger partial charge in [-0.05, 0) is 44.0 Å². The minimum atomic E-state index is -0.254. The number of carbonyl (C=O) groups is 1. The fourth-order valence-corrected chi connectivity index (χ4v) is 3.25. The van der Waals surface area contributed by atoms with Crippen molar-refractivity contribution >= 4 is 5.91 Å². The molecule has 0 spiro atoms. The van der Waals surface area contributed by atoms with E-state index >= 15 is 0 Å². The van der Waals surface area contributed by atoms with Gasteiger partial charge in [-0.25, -0.2) is 0 Å². The van der Waals surface area contributed by atoms with Crippen molar-refractivity contribution in [3.05, 3.63) is 47.5 Å². The second-order valence-electron chi connectivity index (χ2n) is 7.68. The van der Waals surface area contributed by atoms with E-state index in [0.29, 0.717) is 30.4 Å². The minimum Gasteiger partial charge on any atom is -0.493 e. The minimum absolute atomic E-state index is 0.0743. The average molecular weight is 399 g/mol. The molecule has 0 atom stereocenters. The Morgan fingerprint density at radius 2 is 1.97 bits per heavy atom. The summed E-state index contributed by atoms with van der Waals surface area (Å²) in [4.78, 5) is 12.2. The molecule has 29 heavy (non-hydrogen) atoms. The summed E-state index contributed by atoms with van der Waals surface area (Å²) in [5.74, 6) is 2.49. The van der Waals surface area contributed by atoms with E-state index < -0.39 is 0 Å². The highest BCUT2D eigenvalue weighted by Crippen LogP contribution is 2.41. The number of hydrogen-bond donors (Lipinski definition) is 1. The van der Waals surface area contributed by atoms with E-state index in [1.807, 2.05) is 50.2 Å². The largest absolute Gasteiger partial charge is 0.493 e. The molecule has 0 aromatic heterocycles. The standard InChI is InChI=1S/C23H29NO5/c1-5-11-27-18-10-9-16(12-20(18)26-4)14-24-21(25)15-28-19-8-6-7-17-13-23(2,3)29-22(17)19/h6-10,12H,5,11,13-15H2,1-4H3,(H,24,25). The maximum Gasteiger partial charge on any atom is 0.258 e. The Kier molecular flexibility index (Phi) is 6.52. The number of hydrogen-bond acceptors (Lipinski definition) is 5. The van der Waals surface area contributed by atoms with Crippen LogP contribution in [0.1, 0.15) is 38.3 Å². The summed E-state index contributed by atoms with van der Waals surface area (Å²) in [6, 6.07) is 11.4. The van der Waals surface area contributed by atoms with Gasteiger partial charge in [0.1, 0.15) is 5.60 Å². The molecule has 1 heterocycles. The Morgan fingerprint density at radius 1 is 1.14 bits per heavy atom. The zero-order chi connectivity index (χ0) is 20.9. The molecule has 156 valence electrons. The Hall–Kier alpha value is -2.89. The van der Waals surface area contributed by atoms with Crippen LogP contribution in [0.3, 0.4) is 0 Å². The van der Waals surface area contributed by atoms with Crippen LogP contribution in [-0.2, 0) is 17.8 Å². The Morgan fingerprint density at radius 3 is 2.72 bits per heavy atom. The summed E-state index contributed by atoms with van der Waals surface area (Å²) in [6.07, 6.45) is 1.75. The van der Waals surface area contributed by atoms with Gasteiger partial charge in [-0.1, -0.05) is 25.1 Å². The normalized spacial score (nSPS) is 13.9. The van der Waals surface area contributed by atoms with Crippen molar-refractivity contribution in [2.24, 2.45) is 0 Å². The monoisotopic (exact) mass is 399 g/mol. The van der Waals surface area contributed by atoms with Gasteiger partial charge >= 0.3 is 0 Å². The summed E-state index contributed by atoms with van der Waals surface area (Å²) < 4.78 is 22.7. The van der Waals surface area contributed by atoms with Crippen LogP contribution < -0.4 is 24.3 Å². The number of carbonyl (C=O) groups excluding carboxylic acids is 1. The Bertz CT molecular complexity index is 862. The van der Waals surface area contributed by atoms with Crippen molar-refractivity contribution in [3.63, 3.8) is 0 Å². The quantitative estimate of drug-likeness (QED) is 0.693. The average Bonchev–Trinajstić information content (AvgIpc) is 3.03. The molecule has 0 radical (unpaired) electrons. The molecule has 1 aliphatic rings. The molecule has 0 bridgehead atoms. The highest BCUT2D eigenvalue weighted by molar-refractivity contribution is 5.77. The van der Waals surface area contributed by atoms with E-state index in [-0.39, 0.29) is 18.1 Å². The summed E-state index contributed by atoms with van der Waals surface area (Å²) in [7, 11) is 1.60. The molecule has 2 aromatic carbocycles. The van der Waals surface area contributed by atoms with Crippen molar-refractivity contribution in [2.45, 2.75) is 45.8 Å². The van der Waals surface area contributed by atoms with Gasteiger partial charge in [0, 0.05) is 18.5 Å². The number of para-hydroxylation sites is 1. The lowest BCUT2D eigenvalue weighted by Gasteiger charge is -2.18. The maximum atomic E-state index is 12.2. The van der Waals surface area contributed by atoms with Gasteiger partial charge in [0.15, 0.2) is 29.6 Å². The van der Waals surface area contributed by atoms with E-state index in [2.05, 4.69) is 12.2 Å². The highest BCUT2D eigenvalue weighted by Gasteiger charge is 2.32. The van der Waals surface area contributed by atoms with Crippen molar-refractivity contribution in [2.75, 3.05) is 20.3 Å². The molecule has 1 amide bonds. The molecule has 0 saturated carbocycles. The van der Waals surface area contributed by atoms with Crippen LogP contribution in [0.4, 0.5) is 0 Å². The van der Waals surface area contributed by atoms with Gasteiger partial charge in [0.25, 0.3) is 5.91 Å². The van der Waals surface area contributed by atoms with Crippen LogP contribution in [0.25, 0.3) is 0 Å². The number of methoxy groups -OCH3 is 1. The first-order valence-electron chi connectivity index (χ1n) is 9.92. The van der Waals surface area contributed by atoms with Crippen molar-refractivity contribution in [1.82, 2.24) is 5.32 Å². The van der Waals surface area contributed by atoms with Crippen LogP contribution >= 0.6 is 0 Å². The van der Waals surface area contributed by atoms with Crippen LogP contribution in [0.5, 0.6) is 23.0 Å². The van der Waals surface area contributed by atoms with Crippen molar-refractivity contribution < 1.29 is 23.7 Å². The molecule has 0 unspecified atom stereocenters. The van der Waals surface area contributed by atoms with Gasteiger partial charge in [0.2, 0.25) is 0 Å². The second kappa shape index (κ2) is 9.07. The third kappa shape index (κ3) is 5.34. The topological polar surface area (TPSA) is 66.0 Å². The molecule has 6 nitrogen and oxygen atoms in total. The highest BCUT2D eigenvalue weighted by atomic mass is 16.5. The number of fused-ring (bicyclic) bond motifs is 1. The van der Waals surface area contributed by atoms with Gasteiger partial charge < -0.3 is 24.3 Å². The van der Waals surface area contributed by atoms with Gasteiger partial charge in [0.05, 0.1) is 13.7 Å². The SMILES string of the molecule is CCCOc1ccc(CNC(=O)COc2cccc3c2OC(C)(C)C3)cc1OC. The predicted octanol–water partition coefficient (Wildman–Crippen LogP) is 3.89. The molecule has 1 N–H and O–H groups in total. The first-order chi connectivity index (χ1) is 13.9. The summed E-state index contributed by atoms with van der Waals surface area (Å²) in [6.45, 7) is 7.06. The van der Waals surface area contributed by atoms with E-state index in [0.717, 1.165) is 29.7 Å². The third-order valence-electron chi connectivity index (χ3n) is 4.59. The van der Waals surface area contributed by atoms with Gasteiger partial charge in [-0.3, -0.25) is 4.79 Å². The molecule has 2 aromatic rings. The molecular formula is C23H29NO5. The fraction of sp³-hybridized carbons (Fsp3) is 0.435. The molecule has 1 aliphatic heterocycles. The lowest BCUT2D eigenvalue weighted by molar-refractivity contribution is -0.123. The predicted molar refractivity (Wildman–Crippen MR) is 111 cm³/mol. The Labute approximate surface area is 172 Å². The van der Waals surface area contributed by atoms with Crippen molar-refractivity contribution in [1.29, 1.82) is 0 Å². The molecular weight excluding hydrogens is 370 g/mol. The maximum absolute atomic E-state index is 12.2. The Balaban J connectivity index is 1.53. The van der Waals surface area contributed by atoms with E-state index in [4.69, 9.17) is 18.9 Å².